The summed E-state index contributed by atoms with van der Waals surface area (Å²) in [5.74, 6) is -1.20. The maximum Gasteiger partial charge on any atom is 0.295 e. The molecule has 0 fully saturated rings. The monoisotopic (exact) mass is 458 g/mol. The Morgan fingerprint density at radius 1 is 1.06 bits per heavy atom. The number of hydrogen-bond donors (Lipinski definition) is 1. The molecule has 0 radical (unpaired) electrons. The molecule has 0 spiro atoms. The Bertz CT molecular complexity index is 1490. The van der Waals surface area contributed by atoms with Crippen LogP contribution < -0.4 is 20.8 Å². The molecule has 0 saturated heterocycles. The molecule has 1 unspecified atom stereocenters. The van der Waals surface area contributed by atoms with Crippen molar-refractivity contribution in [1.29, 1.82) is 0 Å². The molecule has 0 saturated carbocycles. The Morgan fingerprint density at radius 3 is 2.44 bits per heavy atom. The quantitative estimate of drug-likeness (QED) is 0.489. The number of hydrogen-bond acceptors (Lipinski definition) is 5. The summed E-state index contributed by atoms with van der Waals surface area (Å²) in [4.78, 5) is 39.5. The molecule has 170 valence electrons. The van der Waals surface area contributed by atoms with E-state index in [1.807, 2.05) is 6.92 Å². The predicted molar refractivity (Wildman–Crippen MR) is 123 cm³/mol. The highest BCUT2D eigenvalue weighted by atomic mass is 19.1. The topological polar surface area (TPSA) is 103 Å². The van der Waals surface area contributed by atoms with Crippen LogP contribution in [0.25, 0.3) is 11.0 Å². The molecule has 4 aromatic rings. The number of aryl methyl sites for hydroxylation is 1. The minimum Gasteiger partial charge on any atom is -0.484 e. The van der Waals surface area contributed by atoms with E-state index in [2.05, 4.69) is 0 Å². The van der Waals surface area contributed by atoms with Gasteiger partial charge in [-0.25, -0.2) is 4.39 Å². The molecular weight excluding hydrogens is 439 g/mol. The zero-order chi connectivity index (χ0) is 24.0. The summed E-state index contributed by atoms with van der Waals surface area (Å²) in [6.07, 6.45) is 0. The third-order valence-electron chi connectivity index (χ3n) is 5.71. The Balaban J connectivity index is 1.69. The van der Waals surface area contributed by atoms with Crippen molar-refractivity contribution in [2.24, 2.45) is 5.73 Å². The van der Waals surface area contributed by atoms with Crippen molar-refractivity contribution in [2.75, 3.05) is 11.5 Å². The van der Waals surface area contributed by atoms with Gasteiger partial charge in [0.05, 0.1) is 17.0 Å². The largest absolute Gasteiger partial charge is 0.484 e. The van der Waals surface area contributed by atoms with Crippen LogP contribution in [0.1, 0.15) is 33.3 Å². The number of fused-ring (bicyclic) bond motifs is 2. The van der Waals surface area contributed by atoms with E-state index in [4.69, 9.17) is 14.9 Å². The lowest BCUT2D eigenvalue weighted by Gasteiger charge is -2.25. The fourth-order valence-corrected chi connectivity index (χ4v) is 4.17. The van der Waals surface area contributed by atoms with Gasteiger partial charge in [-0.3, -0.25) is 19.3 Å². The van der Waals surface area contributed by atoms with E-state index >= 15 is 0 Å². The van der Waals surface area contributed by atoms with Crippen LogP contribution in [-0.4, -0.2) is 18.4 Å². The van der Waals surface area contributed by atoms with Crippen LogP contribution in [0.3, 0.4) is 0 Å². The van der Waals surface area contributed by atoms with E-state index < -0.39 is 23.7 Å². The van der Waals surface area contributed by atoms with Crippen LogP contribution in [0, 0.1) is 12.7 Å². The molecule has 0 bridgehead atoms. The molecule has 1 atom stereocenters. The Morgan fingerprint density at radius 2 is 1.76 bits per heavy atom. The van der Waals surface area contributed by atoms with Gasteiger partial charge in [-0.2, -0.15) is 0 Å². The van der Waals surface area contributed by atoms with Crippen LogP contribution >= 0.6 is 0 Å². The van der Waals surface area contributed by atoms with Crippen LogP contribution in [-0.2, 0) is 4.79 Å². The molecule has 1 aliphatic rings. The molecule has 8 heteroatoms. The van der Waals surface area contributed by atoms with Crippen molar-refractivity contribution in [2.45, 2.75) is 13.0 Å². The first-order valence-corrected chi connectivity index (χ1v) is 10.5. The SMILES string of the molecule is Cc1ccc2oc3c(c(=O)c2c1)C(c1ccc(OCC(N)=O)cc1)N(c1ccc(F)cc1)C3=O. The third kappa shape index (κ3) is 3.59. The van der Waals surface area contributed by atoms with E-state index in [1.165, 1.54) is 29.2 Å². The number of carbonyl (C=O) groups is 2. The Kier molecular flexibility index (Phi) is 5.13. The number of primary amides is 1. The normalized spacial score (nSPS) is 14.9. The van der Waals surface area contributed by atoms with Crippen LogP contribution in [0.15, 0.2) is 75.9 Å². The van der Waals surface area contributed by atoms with Gasteiger partial charge in [0.1, 0.15) is 17.1 Å². The zero-order valence-electron chi connectivity index (χ0n) is 18.1. The van der Waals surface area contributed by atoms with Crippen molar-refractivity contribution in [3.63, 3.8) is 0 Å². The Labute approximate surface area is 193 Å². The fraction of sp³-hybridized carbons (Fsp3) is 0.115. The van der Waals surface area contributed by atoms with Gasteiger partial charge in [-0.05, 0) is 61.0 Å². The van der Waals surface area contributed by atoms with E-state index in [0.29, 0.717) is 28.0 Å². The van der Waals surface area contributed by atoms with Crippen LogP contribution in [0.5, 0.6) is 5.75 Å². The van der Waals surface area contributed by atoms with Crippen molar-refractivity contribution < 1.29 is 23.1 Å². The maximum absolute atomic E-state index is 13.6. The van der Waals surface area contributed by atoms with E-state index in [9.17, 15) is 18.8 Å². The minimum absolute atomic E-state index is 0.0512. The van der Waals surface area contributed by atoms with Gasteiger partial charge >= 0.3 is 0 Å². The summed E-state index contributed by atoms with van der Waals surface area (Å²) in [6.45, 7) is 1.59. The average molecular weight is 458 g/mol. The first-order valence-electron chi connectivity index (χ1n) is 10.5. The molecule has 2 N–H and O–H groups in total. The number of benzene rings is 3. The van der Waals surface area contributed by atoms with Crippen LogP contribution in [0.4, 0.5) is 10.1 Å². The van der Waals surface area contributed by atoms with Gasteiger partial charge in [-0.15, -0.1) is 0 Å². The molecular formula is C26H19FN2O5. The van der Waals surface area contributed by atoms with E-state index in [1.54, 1.807) is 42.5 Å². The van der Waals surface area contributed by atoms with Gasteiger partial charge in [0.25, 0.3) is 11.8 Å². The smallest absolute Gasteiger partial charge is 0.295 e. The molecule has 34 heavy (non-hydrogen) atoms. The minimum atomic E-state index is -0.806. The summed E-state index contributed by atoms with van der Waals surface area (Å²) < 4.78 is 24.8. The molecule has 0 aliphatic carbocycles. The first-order chi connectivity index (χ1) is 16.3. The summed E-state index contributed by atoms with van der Waals surface area (Å²) in [5, 5.41) is 0.374. The van der Waals surface area contributed by atoms with Crippen molar-refractivity contribution in [3.8, 4) is 5.75 Å². The number of nitrogens with zero attached hydrogens (tertiary/aromatic N) is 1. The number of halogens is 1. The number of anilines is 1. The van der Waals surface area contributed by atoms with Gasteiger partial charge in [0, 0.05) is 5.69 Å². The lowest BCUT2D eigenvalue weighted by molar-refractivity contribution is -0.119. The Hall–Kier alpha value is -4.46. The molecule has 3 aromatic carbocycles. The van der Waals surface area contributed by atoms with Crippen molar-refractivity contribution >= 4 is 28.5 Å². The highest BCUT2D eigenvalue weighted by Crippen LogP contribution is 2.41. The first kappa shape index (κ1) is 21.4. The van der Waals surface area contributed by atoms with Crippen molar-refractivity contribution in [3.05, 3.63) is 105 Å². The van der Waals surface area contributed by atoms with Gasteiger partial charge in [-0.1, -0.05) is 23.8 Å². The van der Waals surface area contributed by atoms with Crippen molar-refractivity contribution in [1.82, 2.24) is 0 Å². The molecule has 1 aromatic heterocycles. The highest BCUT2D eigenvalue weighted by Gasteiger charge is 2.43. The van der Waals surface area contributed by atoms with Gasteiger partial charge in [0.2, 0.25) is 5.76 Å². The van der Waals surface area contributed by atoms with E-state index in [-0.39, 0.29) is 23.4 Å². The molecule has 7 nitrogen and oxygen atoms in total. The summed E-state index contributed by atoms with van der Waals surface area (Å²) in [7, 11) is 0. The molecule has 5 rings (SSSR count). The van der Waals surface area contributed by atoms with Gasteiger partial charge in [0.15, 0.2) is 12.0 Å². The lowest BCUT2D eigenvalue weighted by atomic mass is 9.98. The summed E-state index contributed by atoms with van der Waals surface area (Å²) in [5.41, 5.74) is 7.25. The number of carbonyl (C=O) groups excluding carboxylic acids is 2. The lowest BCUT2D eigenvalue weighted by Crippen LogP contribution is -2.29. The molecule has 2 heterocycles. The second-order valence-electron chi connectivity index (χ2n) is 8.05. The summed E-state index contributed by atoms with van der Waals surface area (Å²) in [6, 6.07) is 16.5. The van der Waals surface area contributed by atoms with Gasteiger partial charge < -0.3 is 14.9 Å². The number of rotatable bonds is 5. The maximum atomic E-state index is 13.6. The second kappa shape index (κ2) is 8.15. The molecule has 1 aliphatic heterocycles. The van der Waals surface area contributed by atoms with E-state index in [0.717, 1.165) is 5.56 Å². The number of nitrogens with two attached hydrogens (primary N) is 1. The predicted octanol–water partition coefficient (Wildman–Crippen LogP) is 3.85. The summed E-state index contributed by atoms with van der Waals surface area (Å²) >= 11 is 0. The van der Waals surface area contributed by atoms with Crippen LogP contribution in [0.2, 0.25) is 0 Å². The fourth-order valence-electron chi connectivity index (χ4n) is 4.17. The molecule has 2 amide bonds. The second-order valence-corrected chi connectivity index (χ2v) is 8.05. The standard InChI is InChI=1S/C26H19FN2O5/c1-14-2-11-20-19(12-14)24(31)22-23(15-3-9-18(10-4-15)33-13-21(28)30)29(26(32)25(22)34-20)17-7-5-16(27)6-8-17/h2-12,23H,13H2,1H3,(H2,28,30). The zero-order valence-corrected chi connectivity index (χ0v) is 18.1. The average Bonchev–Trinajstić information content (AvgIpc) is 3.11. The number of amides is 2. The third-order valence-corrected chi connectivity index (χ3v) is 5.71. The number of ether oxygens (including phenoxy) is 1. The highest BCUT2D eigenvalue weighted by molar-refractivity contribution is 6.10.